The van der Waals surface area contributed by atoms with Gasteiger partial charge in [0.25, 0.3) is 0 Å². The van der Waals surface area contributed by atoms with Crippen LogP contribution in [0.4, 0.5) is 5.69 Å². The fourth-order valence-corrected chi connectivity index (χ4v) is 1.96. The zero-order valence-corrected chi connectivity index (χ0v) is 11.0. The molecule has 1 atom stereocenters. The predicted molar refractivity (Wildman–Crippen MR) is 78.8 cm³/mol. The molecule has 0 radical (unpaired) electrons. The van der Waals surface area contributed by atoms with E-state index in [9.17, 15) is 0 Å². The number of aryl methyl sites for hydroxylation is 1. The van der Waals surface area contributed by atoms with Crippen molar-refractivity contribution in [3.63, 3.8) is 0 Å². The highest BCUT2D eigenvalue weighted by atomic mass is 15.0. The van der Waals surface area contributed by atoms with E-state index < -0.39 is 0 Å². The minimum atomic E-state index is -0.255. The Hall–Kier alpha value is -2.02. The number of hydrogen-bond donors (Lipinski definition) is 1. The first-order valence-corrected chi connectivity index (χ1v) is 6.18. The number of rotatable bonds is 4. The zero-order valence-electron chi connectivity index (χ0n) is 11.0. The van der Waals surface area contributed by atoms with Crippen molar-refractivity contribution in [2.45, 2.75) is 19.4 Å². The molecule has 1 nitrogen and oxygen atoms in total. The molecule has 0 aliphatic heterocycles. The molecule has 2 aromatic carbocycles. The minimum absolute atomic E-state index is 0.255. The molecule has 2 aromatic rings. The van der Waals surface area contributed by atoms with Crippen LogP contribution in [0.25, 0.3) is 0 Å². The quantitative estimate of drug-likeness (QED) is 0.771. The normalized spacial score (nSPS) is 13.7. The second-order valence-corrected chi connectivity index (χ2v) is 4.76. The van der Waals surface area contributed by atoms with Gasteiger partial charge in [0.2, 0.25) is 0 Å². The molecule has 0 unspecified atom stereocenters. The van der Waals surface area contributed by atoms with Crippen LogP contribution in [-0.4, -0.2) is 0 Å². The predicted octanol–water partition coefficient (Wildman–Crippen LogP) is 4.51. The van der Waals surface area contributed by atoms with Gasteiger partial charge in [0, 0.05) is 5.69 Å². The average Bonchev–Trinajstić information content (AvgIpc) is 2.40. The molecule has 0 heterocycles. The van der Waals surface area contributed by atoms with Gasteiger partial charge in [-0.15, -0.1) is 6.58 Å². The molecular formula is C17H19N. The van der Waals surface area contributed by atoms with Gasteiger partial charge in [0.1, 0.15) is 0 Å². The van der Waals surface area contributed by atoms with E-state index in [1.807, 2.05) is 24.3 Å². The summed E-state index contributed by atoms with van der Waals surface area (Å²) in [5, 5.41) is 3.52. The zero-order chi connectivity index (χ0) is 13.0. The van der Waals surface area contributed by atoms with Crippen LogP contribution in [0.2, 0.25) is 0 Å². The van der Waals surface area contributed by atoms with Gasteiger partial charge in [0.05, 0.1) is 5.54 Å². The van der Waals surface area contributed by atoms with Crippen LogP contribution in [0.1, 0.15) is 18.1 Å². The first-order valence-electron chi connectivity index (χ1n) is 6.18. The van der Waals surface area contributed by atoms with Crippen molar-refractivity contribution in [2.24, 2.45) is 0 Å². The minimum Gasteiger partial charge on any atom is -0.372 e. The van der Waals surface area contributed by atoms with Gasteiger partial charge in [-0.2, -0.15) is 0 Å². The molecule has 92 valence electrons. The van der Waals surface area contributed by atoms with Crippen LogP contribution in [-0.2, 0) is 5.54 Å². The van der Waals surface area contributed by atoms with Crippen LogP contribution in [0, 0.1) is 6.92 Å². The van der Waals surface area contributed by atoms with Gasteiger partial charge in [-0.25, -0.2) is 0 Å². The van der Waals surface area contributed by atoms with E-state index in [4.69, 9.17) is 0 Å². The van der Waals surface area contributed by atoms with E-state index in [1.54, 1.807) is 0 Å². The van der Waals surface area contributed by atoms with E-state index in [0.717, 1.165) is 5.69 Å². The third kappa shape index (κ3) is 2.62. The Bertz CT molecular complexity index is 513. The Morgan fingerprint density at radius 3 is 2.17 bits per heavy atom. The van der Waals surface area contributed by atoms with Gasteiger partial charge in [-0.3, -0.25) is 0 Å². The second-order valence-electron chi connectivity index (χ2n) is 4.76. The molecule has 0 amide bonds. The molecule has 1 heteroatoms. The third-order valence-electron chi connectivity index (χ3n) is 3.24. The number of anilines is 1. The number of nitrogens with one attached hydrogen (secondary N) is 1. The summed E-state index contributed by atoms with van der Waals surface area (Å²) in [4.78, 5) is 0. The van der Waals surface area contributed by atoms with E-state index >= 15 is 0 Å². The van der Waals surface area contributed by atoms with E-state index in [0.29, 0.717) is 0 Å². The fraction of sp³-hybridized carbons (Fsp3) is 0.176. The standard InChI is InChI=1S/C17H19N/c1-4-17(3,15-12-10-14(2)11-13-15)18-16-8-6-5-7-9-16/h4-13,18H,1H2,2-3H3/t17-/m0/s1. The topological polar surface area (TPSA) is 12.0 Å². The van der Waals surface area contributed by atoms with Crippen molar-refractivity contribution in [1.29, 1.82) is 0 Å². The smallest absolute Gasteiger partial charge is 0.0778 e. The van der Waals surface area contributed by atoms with E-state index in [2.05, 4.69) is 62.1 Å². The Balaban J connectivity index is 2.30. The molecule has 18 heavy (non-hydrogen) atoms. The summed E-state index contributed by atoms with van der Waals surface area (Å²) in [5.41, 5.74) is 3.33. The molecule has 0 saturated heterocycles. The molecule has 0 aliphatic rings. The SMILES string of the molecule is C=C[C@](C)(Nc1ccccc1)c1ccc(C)cc1. The van der Waals surface area contributed by atoms with Crippen LogP contribution >= 0.6 is 0 Å². The van der Waals surface area contributed by atoms with Crippen LogP contribution < -0.4 is 5.32 Å². The maximum absolute atomic E-state index is 3.97. The van der Waals surface area contributed by atoms with Gasteiger partial charge >= 0.3 is 0 Å². The van der Waals surface area contributed by atoms with Crippen molar-refractivity contribution < 1.29 is 0 Å². The van der Waals surface area contributed by atoms with Crippen molar-refractivity contribution >= 4 is 5.69 Å². The first-order chi connectivity index (χ1) is 8.64. The van der Waals surface area contributed by atoms with Crippen molar-refractivity contribution in [2.75, 3.05) is 5.32 Å². The molecule has 0 spiro atoms. The molecule has 0 aromatic heterocycles. The molecule has 0 fully saturated rings. The summed E-state index contributed by atoms with van der Waals surface area (Å²) >= 11 is 0. The van der Waals surface area contributed by atoms with Crippen LogP contribution in [0.5, 0.6) is 0 Å². The van der Waals surface area contributed by atoms with Crippen molar-refractivity contribution in [3.05, 3.63) is 78.4 Å². The average molecular weight is 237 g/mol. The highest BCUT2D eigenvalue weighted by Gasteiger charge is 2.21. The molecule has 0 saturated carbocycles. The maximum Gasteiger partial charge on any atom is 0.0778 e. The van der Waals surface area contributed by atoms with Crippen LogP contribution in [0.15, 0.2) is 67.3 Å². The monoisotopic (exact) mass is 237 g/mol. The lowest BCUT2D eigenvalue weighted by Crippen LogP contribution is -2.29. The molecule has 2 rings (SSSR count). The summed E-state index contributed by atoms with van der Waals surface area (Å²) in [6.07, 6.45) is 1.95. The Morgan fingerprint density at radius 1 is 1.00 bits per heavy atom. The molecule has 0 aliphatic carbocycles. The largest absolute Gasteiger partial charge is 0.372 e. The van der Waals surface area contributed by atoms with Crippen LogP contribution in [0.3, 0.4) is 0 Å². The highest BCUT2D eigenvalue weighted by molar-refractivity contribution is 5.49. The Morgan fingerprint density at radius 2 is 1.61 bits per heavy atom. The summed E-state index contributed by atoms with van der Waals surface area (Å²) < 4.78 is 0. The fourth-order valence-electron chi connectivity index (χ4n) is 1.96. The third-order valence-corrected chi connectivity index (χ3v) is 3.24. The summed E-state index contributed by atoms with van der Waals surface area (Å²) in [6, 6.07) is 18.8. The van der Waals surface area contributed by atoms with Gasteiger partial charge in [0.15, 0.2) is 0 Å². The van der Waals surface area contributed by atoms with E-state index in [-0.39, 0.29) is 5.54 Å². The Labute approximate surface area is 109 Å². The van der Waals surface area contributed by atoms with Gasteiger partial charge < -0.3 is 5.32 Å². The van der Waals surface area contributed by atoms with Gasteiger partial charge in [-0.1, -0.05) is 54.1 Å². The molecule has 0 bridgehead atoms. The summed E-state index contributed by atoms with van der Waals surface area (Å²) in [6.45, 7) is 8.20. The number of para-hydroxylation sites is 1. The van der Waals surface area contributed by atoms with Crippen molar-refractivity contribution in [3.8, 4) is 0 Å². The van der Waals surface area contributed by atoms with E-state index in [1.165, 1.54) is 11.1 Å². The lowest BCUT2D eigenvalue weighted by molar-refractivity contribution is 0.691. The number of hydrogen-bond acceptors (Lipinski definition) is 1. The lowest BCUT2D eigenvalue weighted by atomic mass is 9.91. The number of benzene rings is 2. The second kappa shape index (κ2) is 5.09. The summed E-state index contributed by atoms with van der Waals surface area (Å²) in [5.74, 6) is 0. The summed E-state index contributed by atoms with van der Waals surface area (Å²) in [7, 11) is 0. The van der Waals surface area contributed by atoms with Crippen molar-refractivity contribution in [1.82, 2.24) is 0 Å². The Kier molecular flexibility index (Phi) is 3.52. The lowest BCUT2D eigenvalue weighted by Gasteiger charge is -2.29. The van der Waals surface area contributed by atoms with Gasteiger partial charge in [-0.05, 0) is 31.5 Å². The first kappa shape index (κ1) is 12.4. The molecule has 1 N–H and O–H groups in total. The highest BCUT2D eigenvalue weighted by Crippen LogP contribution is 2.27. The maximum atomic E-state index is 3.97. The molecular weight excluding hydrogens is 218 g/mol.